The van der Waals surface area contributed by atoms with E-state index in [9.17, 15) is 5.11 Å². The van der Waals surface area contributed by atoms with Crippen molar-refractivity contribution in [3.8, 4) is 0 Å². The molecule has 0 radical (unpaired) electrons. The minimum absolute atomic E-state index is 0. The first-order valence-electron chi connectivity index (χ1n) is 4.87. The van der Waals surface area contributed by atoms with Crippen molar-refractivity contribution in [3.63, 3.8) is 0 Å². The molecular weight excluding hydrogens is 315 g/mol. The Morgan fingerprint density at radius 3 is 2.54 bits per heavy atom. The standard InChI is InChI=1S/C9H18N2O.Dy/c10-4-6-3-5-1-2-7(6)8(11)9(5)12;/h5-9,12H,1-4,10-11H2;. The number of hydrogen-bond acceptors (Lipinski definition) is 3. The van der Waals surface area contributed by atoms with Crippen LogP contribution in [0.15, 0.2) is 0 Å². The largest absolute Gasteiger partial charge is 0.391 e. The molecule has 13 heavy (non-hydrogen) atoms. The van der Waals surface area contributed by atoms with E-state index in [1.807, 2.05) is 0 Å². The van der Waals surface area contributed by atoms with Gasteiger partial charge in [-0.1, -0.05) is 0 Å². The Kier molecular flexibility index (Phi) is 4.50. The van der Waals surface area contributed by atoms with Gasteiger partial charge in [0.25, 0.3) is 0 Å². The molecule has 3 aliphatic carbocycles. The van der Waals surface area contributed by atoms with Crippen molar-refractivity contribution < 1.29 is 43.3 Å². The van der Waals surface area contributed by atoms with E-state index in [4.69, 9.17) is 11.5 Å². The first-order valence-corrected chi connectivity index (χ1v) is 4.87. The molecule has 2 bridgehead atoms. The Balaban J connectivity index is 0.000000845. The maximum Gasteiger partial charge on any atom is 0.0722 e. The molecule has 3 aliphatic rings. The number of rotatable bonds is 1. The molecule has 0 spiro atoms. The SMILES string of the molecule is NCC1CC2CCC1C(N)C2O.[Dy]. The zero-order valence-corrected chi connectivity index (χ0v) is 9.66. The Morgan fingerprint density at radius 2 is 2.00 bits per heavy atom. The third kappa shape index (κ3) is 2.06. The van der Waals surface area contributed by atoms with E-state index in [1.165, 1.54) is 6.42 Å². The van der Waals surface area contributed by atoms with E-state index in [-0.39, 0.29) is 50.3 Å². The van der Waals surface area contributed by atoms with Crippen LogP contribution >= 0.6 is 0 Å². The zero-order valence-electron chi connectivity index (χ0n) is 7.63. The second-order valence-corrected chi connectivity index (χ2v) is 4.30. The molecule has 0 aliphatic heterocycles. The first kappa shape index (κ1) is 12.2. The van der Waals surface area contributed by atoms with Crippen LogP contribution in [0.5, 0.6) is 0 Å². The van der Waals surface area contributed by atoms with Gasteiger partial charge in [-0.2, -0.15) is 0 Å². The van der Waals surface area contributed by atoms with Gasteiger partial charge in [0.15, 0.2) is 0 Å². The van der Waals surface area contributed by atoms with E-state index in [2.05, 4.69) is 0 Å². The second kappa shape index (κ2) is 4.78. The van der Waals surface area contributed by atoms with Crippen LogP contribution < -0.4 is 11.5 Å². The van der Waals surface area contributed by atoms with Crippen LogP contribution in [0, 0.1) is 55.9 Å². The average Bonchev–Trinajstić information content (AvgIpc) is 2.12. The fraction of sp³-hybridized carbons (Fsp3) is 1.00. The van der Waals surface area contributed by atoms with Gasteiger partial charge in [-0.3, -0.25) is 0 Å². The van der Waals surface area contributed by atoms with Crippen LogP contribution in [-0.4, -0.2) is 23.8 Å². The van der Waals surface area contributed by atoms with Gasteiger partial charge in [0.2, 0.25) is 0 Å². The molecule has 3 fully saturated rings. The Bertz CT molecular complexity index is 175. The normalized spacial score (nSPS) is 48.7. The summed E-state index contributed by atoms with van der Waals surface area (Å²) in [5, 5.41) is 9.72. The molecular formula is C9H18DyN2O. The molecule has 3 nitrogen and oxygen atoms in total. The molecule has 3 saturated carbocycles. The molecule has 0 heterocycles. The number of nitrogens with two attached hydrogens (primary N) is 2. The maximum atomic E-state index is 9.72. The molecule has 0 aromatic carbocycles. The van der Waals surface area contributed by atoms with Crippen molar-refractivity contribution in [2.24, 2.45) is 29.2 Å². The summed E-state index contributed by atoms with van der Waals surface area (Å²) in [4.78, 5) is 0. The predicted molar refractivity (Wildman–Crippen MR) is 47.4 cm³/mol. The van der Waals surface area contributed by atoms with Gasteiger partial charge < -0.3 is 16.6 Å². The van der Waals surface area contributed by atoms with Crippen molar-refractivity contribution in [3.05, 3.63) is 0 Å². The molecule has 0 saturated heterocycles. The second-order valence-electron chi connectivity index (χ2n) is 4.30. The van der Waals surface area contributed by atoms with Gasteiger partial charge in [-0.05, 0) is 43.6 Å². The van der Waals surface area contributed by atoms with Crippen molar-refractivity contribution in [2.45, 2.75) is 31.4 Å². The molecule has 5 unspecified atom stereocenters. The molecule has 5 N–H and O–H groups in total. The monoisotopic (exact) mass is 334 g/mol. The third-order valence-corrected chi connectivity index (χ3v) is 3.76. The van der Waals surface area contributed by atoms with E-state index in [1.54, 1.807) is 0 Å². The summed E-state index contributed by atoms with van der Waals surface area (Å²) in [7, 11) is 0. The number of hydrogen-bond donors (Lipinski definition) is 3. The predicted octanol–water partition coefficient (Wildman–Crippen LogP) is -0.321. The molecule has 0 aromatic heterocycles. The van der Waals surface area contributed by atoms with E-state index in [0.717, 1.165) is 19.4 Å². The zero-order chi connectivity index (χ0) is 8.72. The van der Waals surface area contributed by atoms with Crippen LogP contribution in [0.1, 0.15) is 19.3 Å². The van der Waals surface area contributed by atoms with Crippen LogP contribution in [0.25, 0.3) is 0 Å². The van der Waals surface area contributed by atoms with Crippen LogP contribution in [0.2, 0.25) is 0 Å². The van der Waals surface area contributed by atoms with Crippen LogP contribution in [-0.2, 0) is 0 Å². The molecule has 5 atom stereocenters. The summed E-state index contributed by atoms with van der Waals surface area (Å²) in [6.07, 6.45) is 3.16. The molecule has 0 amide bonds. The first-order chi connectivity index (χ1) is 5.74. The van der Waals surface area contributed by atoms with Gasteiger partial charge in [0.1, 0.15) is 0 Å². The third-order valence-electron chi connectivity index (χ3n) is 3.76. The number of aliphatic hydroxyl groups excluding tert-OH is 1. The maximum absolute atomic E-state index is 9.72. The van der Waals surface area contributed by atoms with E-state index in [0.29, 0.717) is 17.8 Å². The Labute approximate surface area is 110 Å². The van der Waals surface area contributed by atoms with Gasteiger partial charge in [-0.15, -0.1) is 0 Å². The van der Waals surface area contributed by atoms with E-state index < -0.39 is 0 Å². The molecule has 3 rings (SSSR count). The quantitative estimate of drug-likeness (QED) is 0.616. The van der Waals surface area contributed by atoms with Gasteiger partial charge in [-0.25, -0.2) is 0 Å². The minimum Gasteiger partial charge on any atom is -0.391 e. The summed E-state index contributed by atoms with van der Waals surface area (Å²) in [6.45, 7) is 0.738. The minimum atomic E-state index is -0.258. The van der Waals surface area contributed by atoms with Crippen molar-refractivity contribution in [2.75, 3.05) is 6.54 Å². The molecule has 0 aromatic rings. The summed E-state index contributed by atoms with van der Waals surface area (Å²) < 4.78 is 0. The van der Waals surface area contributed by atoms with Crippen LogP contribution in [0.3, 0.4) is 0 Å². The summed E-state index contributed by atoms with van der Waals surface area (Å²) in [6, 6.07) is -0.00829. The number of fused-ring (bicyclic) bond motifs is 3. The smallest absolute Gasteiger partial charge is 0.0722 e. The Morgan fingerprint density at radius 1 is 1.31 bits per heavy atom. The fourth-order valence-electron chi connectivity index (χ4n) is 2.98. The van der Waals surface area contributed by atoms with Gasteiger partial charge in [0.05, 0.1) is 6.10 Å². The molecule has 80 valence electrons. The average molecular weight is 333 g/mol. The topological polar surface area (TPSA) is 72.3 Å². The number of aliphatic hydroxyl groups is 1. The van der Waals surface area contributed by atoms with Crippen LogP contribution in [0.4, 0.5) is 0 Å². The summed E-state index contributed by atoms with van der Waals surface area (Å²) >= 11 is 0. The fourth-order valence-corrected chi connectivity index (χ4v) is 2.98. The van der Waals surface area contributed by atoms with Crippen molar-refractivity contribution in [1.82, 2.24) is 0 Å². The Hall–Kier alpha value is 1.15. The van der Waals surface area contributed by atoms with E-state index >= 15 is 0 Å². The van der Waals surface area contributed by atoms with Crippen molar-refractivity contribution in [1.29, 1.82) is 0 Å². The summed E-state index contributed by atoms with van der Waals surface area (Å²) in [5.74, 6) is 1.48. The van der Waals surface area contributed by atoms with Gasteiger partial charge >= 0.3 is 0 Å². The van der Waals surface area contributed by atoms with Crippen molar-refractivity contribution >= 4 is 0 Å². The van der Waals surface area contributed by atoms with Gasteiger partial charge in [0, 0.05) is 44.2 Å². The molecule has 4 heteroatoms. The summed E-state index contributed by atoms with van der Waals surface area (Å²) in [5.41, 5.74) is 11.6.